The first-order valence-corrected chi connectivity index (χ1v) is 6.48. The summed E-state index contributed by atoms with van der Waals surface area (Å²) in [5, 5.41) is 3.94. The normalized spacial score (nSPS) is 22.9. The zero-order chi connectivity index (χ0) is 13.4. The highest BCUT2D eigenvalue weighted by Crippen LogP contribution is 2.33. The third-order valence-corrected chi connectivity index (χ3v) is 3.56. The van der Waals surface area contributed by atoms with Gasteiger partial charge in [-0.15, -0.1) is 0 Å². The molecule has 0 bridgehead atoms. The maximum atomic E-state index is 13.4. The van der Waals surface area contributed by atoms with E-state index in [0.29, 0.717) is 17.3 Å². The third-order valence-electron chi connectivity index (χ3n) is 3.56. The Hall–Kier alpha value is -1.75. The number of benzene rings is 1. The first-order valence-electron chi connectivity index (χ1n) is 6.48. The van der Waals surface area contributed by atoms with Crippen LogP contribution >= 0.6 is 0 Å². The average molecular weight is 261 g/mol. The van der Waals surface area contributed by atoms with Crippen LogP contribution in [0.15, 0.2) is 22.7 Å². The minimum Gasteiger partial charge on any atom is -0.339 e. The summed E-state index contributed by atoms with van der Waals surface area (Å²) in [5.74, 6) is 1.01. The fraction of sp³-hybridized carbons (Fsp3) is 0.429. The molecule has 0 radical (unpaired) electrons. The monoisotopic (exact) mass is 261 g/mol. The van der Waals surface area contributed by atoms with E-state index in [9.17, 15) is 4.39 Å². The van der Waals surface area contributed by atoms with E-state index in [4.69, 9.17) is 10.3 Å². The zero-order valence-electron chi connectivity index (χ0n) is 10.8. The number of hydrogen-bond acceptors (Lipinski definition) is 4. The summed E-state index contributed by atoms with van der Waals surface area (Å²) in [6.45, 7) is 1.84. The predicted molar refractivity (Wildman–Crippen MR) is 69.0 cm³/mol. The van der Waals surface area contributed by atoms with E-state index in [0.717, 1.165) is 24.8 Å². The Labute approximate surface area is 110 Å². The lowest BCUT2D eigenvalue weighted by molar-refractivity contribution is 0.353. The van der Waals surface area contributed by atoms with Gasteiger partial charge in [0.15, 0.2) is 0 Å². The molecule has 4 nitrogen and oxygen atoms in total. The van der Waals surface area contributed by atoms with Crippen LogP contribution in [-0.4, -0.2) is 16.2 Å². The fourth-order valence-electron chi connectivity index (χ4n) is 2.62. The molecular formula is C14H16FN3O. The second-order valence-corrected chi connectivity index (χ2v) is 5.24. The van der Waals surface area contributed by atoms with Gasteiger partial charge in [0.25, 0.3) is 0 Å². The number of nitrogens with two attached hydrogens (primary N) is 1. The number of nitrogens with zero attached hydrogens (tertiary/aromatic N) is 2. The van der Waals surface area contributed by atoms with Crippen LogP contribution in [0.5, 0.6) is 0 Å². The Morgan fingerprint density at radius 1 is 1.32 bits per heavy atom. The molecule has 1 aromatic carbocycles. The highest BCUT2D eigenvalue weighted by Gasteiger charge is 2.28. The first-order chi connectivity index (χ1) is 9.11. The van der Waals surface area contributed by atoms with Crippen molar-refractivity contribution in [1.29, 1.82) is 0 Å². The van der Waals surface area contributed by atoms with E-state index in [1.54, 1.807) is 0 Å². The second kappa shape index (κ2) is 4.74. The van der Waals surface area contributed by atoms with E-state index in [1.807, 2.05) is 13.0 Å². The summed E-state index contributed by atoms with van der Waals surface area (Å²) in [4.78, 5) is 4.38. The van der Waals surface area contributed by atoms with Gasteiger partial charge < -0.3 is 10.3 Å². The standard InChI is InChI=1S/C14H16FN3O/c1-8-4-10(6-11(15)5-8)13-17-14(19-18-13)9-2-3-12(16)7-9/h4-6,9,12H,2-3,7,16H2,1H3/t9-,12+/m1/s1. The Morgan fingerprint density at radius 3 is 2.84 bits per heavy atom. The molecule has 0 aliphatic heterocycles. The summed E-state index contributed by atoms with van der Waals surface area (Å²) in [6.07, 6.45) is 2.84. The maximum Gasteiger partial charge on any atom is 0.230 e. The smallest absolute Gasteiger partial charge is 0.230 e. The van der Waals surface area contributed by atoms with E-state index >= 15 is 0 Å². The summed E-state index contributed by atoms with van der Waals surface area (Å²) in [7, 11) is 0. The highest BCUT2D eigenvalue weighted by atomic mass is 19.1. The van der Waals surface area contributed by atoms with Gasteiger partial charge in [-0.1, -0.05) is 5.16 Å². The number of rotatable bonds is 2. The van der Waals surface area contributed by atoms with E-state index in [1.165, 1.54) is 12.1 Å². The molecule has 0 unspecified atom stereocenters. The highest BCUT2D eigenvalue weighted by molar-refractivity contribution is 5.55. The zero-order valence-corrected chi connectivity index (χ0v) is 10.8. The lowest BCUT2D eigenvalue weighted by Crippen LogP contribution is -2.14. The molecular weight excluding hydrogens is 245 g/mol. The molecule has 1 aliphatic carbocycles. The van der Waals surface area contributed by atoms with Crippen LogP contribution in [0.1, 0.15) is 36.6 Å². The van der Waals surface area contributed by atoms with Gasteiger partial charge in [0, 0.05) is 17.5 Å². The number of halogens is 1. The topological polar surface area (TPSA) is 64.9 Å². The minimum absolute atomic E-state index is 0.219. The fourth-order valence-corrected chi connectivity index (χ4v) is 2.62. The SMILES string of the molecule is Cc1cc(F)cc(-c2noc([C@@H]3CC[C@H](N)C3)n2)c1. The predicted octanol–water partition coefficient (Wildman–Crippen LogP) is 2.78. The second-order valence-electron chi connectivity index (χ2n) is 5.24. The van der Waals surface area contributed by atoms with E-state index < -0.39 is 0 Å². The summed E-state index contributed by atoms with van der Waals surface area (Å²) >= 11 is 0. The molecule has 3 rings (SSSR count). The van der Waals surface area contributed by atoms with Crippen molar-refractivity contribution < 1.29 is 8.91 Å². The van der Waals surface area contributed by atoms with Gasteiger partial charge in [0.1, 0.15) is 5.82 Å². The molecule has 2 N–H and O–H groups in total. The van der Waals surface area contributed by atoms with Crippen LogP contribution in [-0.2, 0) is 0 Å². The summed E-state index contributed by atoms with van der Waals surface area (Å²) in [6, 6.07) is 4.96. The van der Waals surface area contributed by atoms with Gasteiger partial charge in [-0.3, -0.25) is 0 Å². The molecule has 0 spiro atoms. The van der Waals surface area contributed by atoms with Crippen molar-refractivity contribution in [2.75, 3.05) is 0 Å². The van der Waals surface area contributed by atoms with Gasteiger partial charge >= 0.3 is 0 Å². The quantitative estimate of drug-likeness (QED) is 0.902. The third kappa shape index (κ3) is 2.51. The molecule has 100 valence electrons. The molecule has 1 aliphatic rings. The van der Waals surface area contributed by atoms with Crippen molar-refractivity contribution >= 4 is 0 Å². The van der Waals surface area contributed by atoms with Crippen molar-refractivity contribution in [1.82, 2.24) is 10.1 Å². The van der Waals surface area contributed by atoms with Crippen molar-refractivity contribution in [2.24, 2.45) is 5.73 Å². The summed E-state index contributed by atoms with van der Waals surface area (Å²) < 4.78 is 18.7. The van der Waals surface area contributed by atoms with Crippen LogP contribution in [0.3, 0.4) is 0 Å². The van der Waals surface area contributed by atoms with Gasteiger partial charge in [-0.25, -0.2) is 4.39 Å². The lowest BCUT2D eigenvalue weighted by Gasteiger charge is -2.01. The molecule has 1 heterocycles. The van der Waals surface area contributed by atoms with Gasteiger partial charge in [0.2, 0.25) is 11.7 Å². The van der Waals surface area contributed by atoms with Crippen LogP contribution in [0.2, 0.25) is 0 Å². The number of aromatic nitrogens is 2. The van der Waals surface area contributed by atoms with Crippen molar-refractivity contribution in [3.63, 3.8) is 0 Å². The molecule has 0 amide bonds. The van der Waals surface area contributed by atoms with E-state index in [-0.39, 0.29) is 17.8 Å². The molecule has 2 atom stereocenters. The first kappa shape index (κ1) is 12.3. The number of hydrogen-bond donors (Lipinski definition) is 1. The van der Waals surface area contributed by atoms with Gasteiger partial charge in [-0.2, -0.15) is 4.98 Å². The Morgan fingerprint density at radius 2 is 2.16 bits per heavy atom. The van der Waals surface area contributed by atoms with Gasteiger partial charge in [0.05, 0.1) is 0 Å². The van der Waals surface area contributed by atoms with Crippen LogP contribution in [0.25, 0.3) is 11.4 Å². The van der Waals surface area contributed by atoms with Crippen molar-refractivity contribution in [2.45, 2.75) is 38.1 Å². The molecule has 0 saturated heterocycles. The molecule has 2 aromatic rings. The molecule has 19 heavy (non-hydrogen) atoms. The van der Waals surface area contributed by atoms with Crippen molar-refractivity contribution in [3.8, 4) is 11.4 Å². The molecule has 1 aromatic heterocycles. The summed E-state index contributed by atoms with van der Waals surface area (Å²) in [5.41, 5.74) is 7.37. The number of aryl methyl sites for hydroxylation is 1. The Balaban J connectivity index is 1.88. The molecule has 1 fully saturated rings. The van der Waals surface area contributed by atoms with Gasteiger partial charge in [-0.05, 0) is 49.9 Å². The molecule has 1 saturated carbocycles. The van der Waals surface area contributed by atoms with Crippen LogP contribution in [0.4, 0.5) is 4.39 Å². The average Bonchev–Trinajstić information content (AvgIpc) is 2.95. The lowest BCUT2D eigenvalue weighted by atomic mass is 10.1. The Bertz CT molecular complexity index is 576. The molecule has 5 heteroatoms. The van der Waals surface area contributed by atoms with Crippen LogP contribution in [0, 0.1) is 12.7 Å². The Kier molecular flexibility index (Phi) is 3.06. The van der Waals surface area contributed by atoms with Crippen LogP contribution < -0.4 is 5.73 Å². The maximum absolute atomic E-state index is 13.4. The van der Waals surface area contributed by atoms with E-state index in [2.05, 4.69) is 10.1 Å². The minimum atomic E-state index is -0.288. The largest absolute Gasteiger partial charge is 0.339 e. The van der Waals surface area contributed by atoms with Crippen molar-refractivity contribution in [3.05, 3.63) is 35.5 Å².